The highest BCUT2D eigenvalue weighted by Crippen LogP contribution is 1.91. The molecule has 0 aliphatic carbocycles. The Balaban J connectivity index is 3.22. The van der Waals surface area contributed by atoms with E-state index in [4.69, 9.17) is 0 Å². The lowest BCUT2D eigenvalue weighted by Gasteiger charge is -1.70. The Morgan fingerprint density at radius 2 is 1.83 bits per heavy atom. The summed E-state index contributed by atoms with van der Waals surface area (Å²) in [5.74, 6) is 0. The molecule has 0 aliphatic rings. The molecule has 0 aromatic carbocycles. The fraction of sp³-hybridized carbons (Fsp3) is 0. The lowest BCUT2D eigenvalue weighted by molar-refractivity contribution is 1.15. The van der Waals surface area contributed by atoms with Crippen LogP contribution in [0.1, 0.15) is 0 Å². The first-order chi connectivity index (χ1) is 5.79. The highest BCUT2D eigenvalue weighted by Gasteiger charge is 2.01. The van der Waals surface area contributed by atoms with Gasteiger partial charge >= 0.3 is 0 Å². The molecule has 2 heterocycles. The van der Waals surface area contributed by atoms with Crippen LogP contribution in [0.2, 0.25) is 0 Å². The van der Waals surface area contributed by atoms with Crippen molar-refractivity contribution >= 4 is 11.0 Å². The molecule has 0 saturated heterocycles. The van der Waals surface area contributed by atoms with Crippen LogP contribution >= 0.6 is 0 Å². The van der Waals surface area contributed by atoms with Crippen molar-refractivity contribution in [3.8, 4) is 0 Å². The molecule has 6 nitrogen and oxygen atoms in total. The van der Waals surface area contributed by atoms with Crippen LogP contribution in [-0.2, 0) is 0 Å². The highest BCUT2D eigenvalue weighted by atomic mass is 16.1. The number of hydrogen-bond donors (Lipinski definition) is 2. The van der Waals surface area contributed by atoms with Crippen molar-refractivity contribution < 1.29 is 0 Å². The monoisotopic (exact) mass is 164 g/mol. The van der Waals surface area contributed by atoms with Crippen molar-refractivity contribution in [3.05, 3.63) is 33.4 Å². The molecule has 2 aromatic rings. The summed E-state index contributed by atoms with van der Waals surface area (Å²) >= 11 is 0. The average Bonchev–Trinajstić information content (AvgIpc) is 2.47. The third-order valence-electron chi connectivity index (χ3n) is 1.45. The second kappa shape index (κ2) is 2.26. The van der Waals surface area contributed by atoms with E-state index in [2.05, 4.69) is 19.9 Å². The first-order valence-corrected chi connectivity index (χ1v) is 3.20. The molecule has 0 unspecified atom stereocenters. The smallest absolute Gasteiger partial charge is 0.297 e. The second-order valence-corrected chi connectivity index (χ2v) is 2.16. The van der Waals surface area contributed by atoms with E-state index in [1.54, 1.807) is 0 Å². The normalized spacial score (nSPS) is 10.3. The van der Waals surface area contributed by atoms with E-state index >= 15 is 0 Å². The van der Waals surface area contributed by atoms with E-state index < -0.39 is 11.1 Å². The lowest BCUT2D eigenvalue weighted by atomic mass is 10.5. The molecule has 0 amide bonds. The number of hydrogen-bond acceptors (Lipinski definition) is 4. The Bertz CT molecular complexity index is 482. The van der Waals surface area contributed by atoms with Crippen LogP contribution in [0.4, 0.5) is 0 Å². The molecule has 0 atom stereocenters. The zero-order chi connectivity index (χ0) is 8.55. The molecule has 0 radical (unpaired) electrons. The molecule has 2 N–H and O–H groups in total. The Morgan fingerprint density at radius 3 is 2.67 bits per heavy atom. The molecule has 2 aromatic heterocycles. The number of nitrogens with zero attached hydrogens (tertiary/aromatic N) is 2. The Labute approximate surface area is 65.3 Å². The van der Waals surface area contributed by atoms with Gasteiger partial charge in [-0.2, -0.15) is 4.98 Å². The number of imidazole rings is 1. The van der Waals surface area contributed by atoms with E-state index in [0.29, 0.717) is 0 Å². The summed E-state index contributed by atoms with van der Waals surface area (Å²) in [7, 11) is 0. The molecule has 0 bridgehead atoms. The van der Waals surface area contributed by atoms with Crippen molar-refractivity contribution in [1.82, 2.24) is 19.9 Å². The summed E-state index contributed by atoms with van der Waals surface area (Å²) in [6.45, 7) is 0. The van der Waals surface area contributed by atoms with Gasteiger partial charge in [0, 0.05) is 0 Å². The molecule has 0 fully saturated rings. The summed E-state index contributed by atoms with van der Waals surface area (Å²) in [6, 6.07) is 0. The van der Waals surface area contributed by atoms with Gasteiger partial charge in [-0.25, -0.2) is 4.98 Å². The van der Waals surface area contributed by atoms with Crippen molar-refractivity contribution in [3.63, 3.8) is 0 Å². The molecular formula is C6H4N4O2. The predicted molar refractivity (Wildman–Crippen MR) is 40.8 cm³/mol. The maximum Gasteiger partial charge on any atom is 0.297 e. The van der Waals surface area contributed by atoms with Crippen molar-refractivity contribution in [2.75, 3.05) is 0 Å². The molecule has 0 aliphatic heterocycles. The largest absolute Gasteiger partial charge is 0.340 e. The quantitative estimate of drug-likeness (QED) is 0.522. The number of aromatic nitrogens is 4. The van der Waals surface area contributed by atoms with Crippen molar-refractivity contribution in [2.45, 2.75) is 0 Å². The lowest BCUT2D eigenvalue weighted by Crippen LogP contribution is -2.03. The van der Waals surface area contributed by atoms with E-state index in [1.807, 2.05) is 0 Å². The maximum absolute atomic E-state index is 11.1. The number of rotatable bonds is 0. The fourth-order valence-electron chi connectivity index (χ4n) is 0.912. The SMILES string of the molecule is O=c1[nH]cnc(=O)c2[nH]cnc12. The van der Waals surface area contributed by atoms with Crippen LogP contribution in [0.15, 0.2) is 22.2 Å². The third kappa shape index (κ3) is 0.815. The van der Waals surface area contributed by atoms with Gasteiger partial charge in [-0.3, -0.25) is 9.59 Å². The van der Waals surface area contributed by atoms with Crippen LogP contribution < -0.4 is 11.1 Å². The van der Waals surface area contributed by atoms with Gasteiger partial charge in [0.1, 0.15) is 5.52 Å². The zero-order valence-electron chi connectivity index (χ0n) is 5.87. The van der Waals surface area contributed by atoms with Gasteiger partial charge in [-0.05, 0) is 0 Å². The van der Waals surface area contributed by atoms with E-state index in [9.17, 15) is 9.59 Å². The molecular weight excluding hydrogens is 160 g/mol. The molecule has 0 saturated carbocycles. The van der Waals surface area contributed by atoms with Crippen molar-refractivity contribution in [1.29, 1.82) is 0 Å². The first-order valence-electron chi connectivity index (χ1n) is 3.20. The maximum atomic E-state index is 11.1. The van der Waals surface area contributed by atoms with E-state index in [-0.39, 0.29) is 11.0 Å². The zero-order valence-corrected chi connectivity index (χ0v) is 5.87. The van der Waals surface area contributed by atoms with Gasteiger partial charge in [0.15, 0.2) is 5.52 Å². The van der Waals surface area contributed by atoms with Crippen molar-refractivity contribution in [2.24, 2.45) is 0 Å². The topological polar surface area (TPSA) is 91.5 Å². The van der Waals surface area contributed by atoms with Gasteiger partial charge in [-0.15, -0.1) is 0 Å². The van der Waals surface area contributed by atoms with Crippen LogP contribution in [-0.4, -0.2) is 19.9 Å². The summed E-state index contributed by atoms with van der Waals surface area (Å²) in [5.41, 5.74) is -0.722. The summed E-state index contributed by atoms with van der Waals surface area (Å²) in [6.07, 6.45) is 2.34. The number of nitrogens with one attached hydrogen (secondary N) is 2. The van der Waals surface area contributed by atoms with Gasteiger partial charge in [0.05, 0.1) is 12.7 Å². The fourth-order valence-corrected chi connectivity index (χ4v) is 0.912. The summed E-state index contributed by atoms with van der Waals surface area (Å²) in [4.78, 5) is 34.1. The Morgan fingerprint density at radius 1 is 1.08 bits per heavy atom. The van der Waals surface area contributed by atoms with Crippen LogP contribution in [0.25, 0.3) is 11.0 Å². The minimum Gasteiger partial charge on any atom is -0.340 e. The van der Waals surface area contributed by atoms with Gasteiger partial charge in [-0.1, -0.05) is 0 Å². The predicted octanol–water partition coefficient (Wildman–Crippen LogP) is -0.994. The first kappa shape index (κ1) is 6.71. The van der Waals surface area contributed by atoms with Crippen LogP contribution in [0, 0.1) is 0 Å². The minimum atomic E-state index is -0.499. The second-order valence-electron chi connectivity index (χ2n) is 2.16. The number of aromatic amines is 2. The van der Waals surface area contributed by atoms with E-state index in [1.165, 1.54) is 6.33 Å². The van der Waals surface area contributed by atoms with Gasteiger partial charge < -0.3 is 9.97 Å². The molecule has 2 rings (SSSR count). The van der Waals surface area contributed by atoms with E-state index in [0.717, 1.165) is 6.33 Å². The minimum absolute atomic E-state index is 0.0810. The standard InChI is InChI=1S/C6H4N4O2/c11-5-3-4(8-1-7-3)6(12)10-2-9-5/h1-2H,(H,7,8)(H,9,10,11,12). The molecule has 60 valence electrons. The van der Waals surface area contributed by atoms with Gasteiger partial charge in [0.2, 0.25) is 0 Å². The number of H-pyrrole nitrogens is 2. The number of fused-ring (bicyclic) bond motifs is 1. The molecule has 0 spiro atoms. The third-order valence-corrected chi connectivity index (χ3v) is 1.45. The Kier molecular flexibility index (Phi) is 1.26. The molecule has 12 heavy (non-hydrogen) atoms. The average molecular weight is 164 g/mol. The summed E-state index contributed by atoms with van der Waals surface area (Å²) in [5, 5.41) is 0. The van der Waals surface area contributed by atoms with Gasteiger partial charge in [0.25, 0.3) is 11.1 Å². The van der Waals surface area contributed by atoms with Crippen LogP contribution in [0.3, 0.4) is 0 Å². The Hall–Kier alpha value is -1.98. The highest BCUT2D eigenvalue weighted by molar-refractivity contribution is 5.70. The van der Waals surface area contributed by atoms with Crippen LogP contribution in [0.5, 0.6) is 0 Å². The molecule has 6 heteroatoms. The summed E-state index contributed by atoms with van der Waals surface area (Å²) < 4.78 is 0.